The first-order valence-corrected chi connectivity index (χ1v) is 6.40. The van der Waals surface area contributed by atoms with Crippen LogP contribution < -0.4 is 0 Å². The van der Waals surface area contributed by atoms with Gasteiger partial charge in [0.25, 0.3) is 0 Å². The fraction of sp³-hybridized carbons (Fsp3) is 0.643. The number of ether oxygens (including phenoxy) is 1. The van der Waals surface area contributed by atoms with Crippen molar-refractivity contribution in [2.75, 3.05) is 6.61 Å². The number of hydrogen-bond acceptors (Lipinski definition) is 4. The minimum Gasteiger partial charge on any atom is -0.465 e. The Morgan fingerprint density at radius 1 is 1.44 bits per heavy atom. The van der Waals surface area contributed by atoms with Crippen molar-refractivity contribution in [2.24, 2.45) is 5.41 Å². The number of carbonyl (C=O) groups excluding carboxylic acids is 3. The number of carbonyl (C=O) groups is 3. The average Bonchev–Trinajstić information content (AvgIpc) is 2.67. The highest BCUT2D eigenvalue weighted by Gasteiger charge is 2.48. The molecular formula is C14H20O4. The van der Waals surface area contributed by atoms with Gasteiger partial charge in [0, 0.05) is 6.42 Å². The zero-order valence-corrected chi connectivity index (χ0v) is 11.0. The van der Waals surface area contributed by atoms with Gasteiger partial charge in [-0.2, -0.15) is 0 Å². The Morgan fingerprint density at radius 3 is 2.67 bits per heavy atom. The van der Waals surface area contributed by atoms with Crippen LogP contribution in [-0.2, 0) is 19.1 Å². The van der Waals surface area contributed by atoms with E-state index in [1.54, 1.807) is 13.0 Å². The first-order chi connectivity index (χ1) is 8.53. The number of allylic oxidation sites excluding steroid dienone is 2. The summed E-state index contributed by atoms with van der Waals surface area (Å²) in [4.78, 5) is 34.7. The lowest BCUT2D eigenvalue weighted by atomic mass is 9.80. The Morgan fingerprint density at radius 2 is 2.17 bits per heavy atom. The molecule has 0 radical (unpaired) electrons. The highest BCUT2D eigenvalue weighted by molar-refractivity contribution is 6.05. The summed E-state index contributed by atoms with van der Waals surface area (Å²) in [6.07, 6.45) is 5.94. The lowest BCUT2D eigenvalue weighted by molar-refractivity contribution is -0.159. The zero-order chi connectivity index (χ0) is 13.6. The summed E-state index contributed by atoms with van der Waals surface area (Å²) in [7, 11) is 0. The predicted octanol–water partition coefficient (Wildman–Crippen LogP) is 2.21. The first-order valence-electron chi connectivity index (χ1n) is 6.40. The highest BCUT2D eigenvalue weighted by Crippen LogP contribution is 2.40. The van der Waals surface area contributed by atoms with Gasteiger partial charge >= 0.3 is 5.97 Å². The lowest BCUT2D eigenvalue weighted by Gasteiger charge is -2.24. The normalized spacial score (nSPS) is 23.6. The molecule has 0 heterocycles. The largest absolute Gasteiger partial charge is 0.465 e. The lowest BCUT2D eigenvalue weighted by Crippen LogP contribution is -2.36. The monoisotopic (exact) mass is 252 g/mol. The molecule has 0 spiro atoms. The van der Waals surface area contributed by atoms with Gasteiger partial charge in [-0.15, -0.1) is 0 Å². The van der Waals surface area contributed by atoms with Crippen LogP contribution in [0.15, 0.2) is 12.2 Å². The van der Waals surface area contributed by atoms with E-state index in [1.807, 2.05) is 0 Å². The molecule has 0 saturated heterocycles. The van der Waals surface area contributed by atoms with Crippen molar-refractivity contribution in [1.82, 2.24) is 0 Å². The molecule has 1 unspecified atom stereocenters. The van der Waals surface area contributed by atoms with Crippen molar-refractivity contribution < 1.29 is 19.1 Å². The molecule has 4 heteroatoms. The maximum atomic E-state index is 12.0. The molecule has 18 heavy (non-hydrogen) atoms. The van der Waals surface area contributed by atoms with Crippen molar-refractivity contribution in [2.45, 2.75) is 46.0 Å². The van der Waals surface area contributed by atoms with Crippen molar-refractivity contribution in [1.29, 1.82) is 0 Å². The van der Waals surface area contributed by atoms with Gasteiger partial charge in [0.2, 0.25) is 0 Å². The molecule has 0 aromatic rings. The van der Waals surface area contributed by atoms with Crippen molar-refractivity contribution >= 4 is 17.5 Å². The van der Waals surface area contributed by atoms with Crippen LogP contribution in [0, 0.1) is 5.41 Å². The van der Waals surface area contributed by atoms with Crippen LogP contribution in [0.25, 0.3) is 0 Å². The minimum absolute atomic E-state index is 0.0165. The fourth-order valence-corrected chi connectivity index (χ4v) is 2.36. The van der Waals surface area contributed by atoms with Crippen LogP contribution in [0.3, 0.4) is 0 Å². The van der Waals surface area contributed by atoms with Crippen LogP contribution in [0.5, 0.6) is 0 Å². The van der Waals surface area contributed by atoms with Crippen LogP contribution in [0.4, 0.5) is 0 Å². The molecule has 100 valence electrons. The van der Waals surface area contributed by atoms with Crippen molar-refractivity contribution in [3.05, 3.63) is 12.2 Å². The Bertz CT molecular complexity index is 370. The number of Topliss-reactive ketones (excluding diaryl/α,β-unsaturated/α-hetero) is 1. The molecule has 4 nitrogen and oxygen atoms in total. The quantitative estimate of drug-likeness (QED) is 0.413. The Balaban J connectivity index is 2.70. The van der Waals surface area contributed by atoms with Gasteiger partial charge in [-0.25, -0.2) is 0 Å². The Labute approximate surface area is 107 Å². The fourth-order valence-electron chi connectivity index (χ4n) is 2.36. The third kappa shape index (κ3) is 3.28. The van der Waals surface area contributed by atoms with Gasteiger partial charge in [0.15, 0.2) is 5.78 Å². The summed E-state index contributed by atoms with van der Waals surface area (Å²) in [6.45, 7) is 3.50. The molecular weight excluding hydrogens is 232 g/mol. The number of esters is 1. The maximum absolute atomic E-state index is 12.0. The molecule has 0 N–H and O–H groups in total. The second-order valence-electron chi connectivity index (χ2n) is 4.63. The zero-order valence-electron chi connectivity index (χ0n) is 11.0. The van der Waals surface area contributed by atoms with Crippen LogP contribution in [0.2, 0.25) is 0 Å². The average molecular weight is 252 g/mol. The van der Waals surface area contributed by atoms with Crippen LogP contribution >= 0.6 is 0 Å². The second kappa shape index (κ2) is 6.47. The third-order valence-electron chi connectivity index (χ3n) is 3.30. The van der Waals surface area contributed by atoms with E-state index in [0.29, 0.717) is 25.7 Å². The summed E-state index contributed by atoms with van der Waals surface area (Å²) in [5.41, 5.74) is -0.961. The first kappa shape index (κ1) is 14.6. The summed E-state index contributed by atoms with van der Waals surface area (Å²) >= 11 is 0. The number of rotatable bonds is 6. The summed E-state index contributed by atoms with van der Waals surface area (Å²) in [5.74, 6) is -0.446. The highest BCUT2D eigenvalue weighted by atomic mass is 16.5. The number of ketones is 2. The SMILES string of the molecule is CCOC(=O)C1(CC/C=C/C(C)=O)CCCC1=O. The Hall–Kier alpha value is -1.45. The molecule has 1 fully saturated rings. The van der Waals surface area contributed by atoms with Crippen molar-refractivity contribution in [3.8, 4) is 0 Å². The smallest absolute Gasteiger partial charge is 0.319 e. The van der Waals surface area contributed by atoms with E-state index in [4.69, 9.17) is 4.74 Å². The van der Waals surface area contributed by atoms with E-state index in [9.17, 15) is 14.4 Å². The maximum Gasteiger partial charge on any atom is 0.319 e. The van der Waals surface area contributed by atoms with Gasteiger partial charge in [-0.05, 0) is 45.6 Å². The molecule has 0 aromatic heterocycles. The van der Waals surface area contributed by atoms with Gasteiger partial charge in [-0.1, -0.05) is 6.08 Å². The Kier molecular flexibility index (Phi) is 5.25. The molecule has 1 aliphatic rings. The molecule has 0 amide bonds. The van der Waals surface area contributed by atoms with E-state index in [1.165, 1.54) is 13.0 Å². The second-order valence-corrected chi connectivity index (χ2v) is 4.63. The molecule has 0 bridgehead atoms. The van der Waals surface area contributed by atoms with Gasteiger partial charge < -0.3 is 4.74 Å². The third-order valence-corrected chi connectivity index (χ3v) is 3.30. The number of hydrogen-bond donors (Lipinski definition) is 0. The molecule has 0 aliphatic heterocycles. The summed E-state index contributed by atoms with van der Waals surface area (Å²) < 4.78 is 5.03. The summed E-state index contributed by atoms with van der Waals surface area (Å²) in [5, 5.41) is 0. The molecule has 1 atom stereocenters. The summed E-state index contributed by atoms with van der Waals surface area (Å²) in [6, 6.07) is 0. The van der Waals surface area contributed by atoms with Crippen molar-refractivity contribution in [3.63, 3.8) is 0 Å². The van der Waals surface area contributed by atoms with E-state index in [0.717, 1.165) is 6.42 Å². The van der Waals surface area contributed by atoms with Gasteiger partial charge in [-0.3, -0.25) is 14.4 Å². The minimum atomic E-state index is -0.961. The van der Waals surface area contributed by atoms with E-state index >= 15 is 0 Å². The molecule has 0 aromatic carbocycles. The van der Waals surface area contributed by atoms with Crippen LogP contribution in [-0.4, -0.2) is 24.1 Å². The van der Waals surface area contributed by atoms with Crippen LogP contribution in [0.1, 0.15) is 46.0 Å². The molecule has 1 aliphatic carbocycles. The van der Waals surface area contributed by atoms with E-state index < -0.39 is 11.4 Å². The molecule has 1 saturated carbocycles. The van der Waals surface area contributed by atoms with E-state index in [-0.39, 0.29) is 18.2 Å². The predicted molar refractivity (Wildman–Crippen MR) is 67.0 cm³/mol. The van der Waals surface area contributed by atoms with Gasteiger partial charge in [0.05, 0.1) is 6.61 Å². The topological polar surface area (TPSA) is 60.4 Å². The van der Waals surface area contributed by atoms with Gasteiger partial charge in [0.1, 0.15) is 11.2 Å². The van der Waals surface area contributed by atoms with E-state index in [2.05, 4.69) is 0 Å². The molecule has 1 rings (SSSR count). The standard InChI is InChI=1S/C14H20O4/c1-3-18-13(17)14(10-6-8-12(14)16)9-5-4-7-11(2)15/h4,7H,3,5-6,8-10H2,1-2H3/b7-4+.